The molecule has 4 heterocycles. The zero-order chi connectivity index (χ0) is 17.6. The number of hydrogen-bond acceptors (Lipinski definition) is 3. The lowest BCUT2D eigenvalue weighted by atomic mass is 9.80. The smallest absolute Gasteiger partial charge is 0.274 e. The third-order valence-corrected chi connectivity index (χ3v) is 6.33. The van der Waals surface area contributed by atoms with Gasteiger partial charge in [-0.3, -0.25) is 4.79 Å². The Kier molecular flexibility index (Phi) is 4.07. The highest BCUT2D eigenvalue weighted by molar-refractivity contribution is 5.93. The molecule has 0 spiro atoms. The minimum Gasteiger partial charge on any atom is -0.330 e. The summed E-state index contributed by atoms with van der Waals surface area (Å²) in [5.74, 6) is 0.0906. The van der Waals surface area contributed by atoms with Gasteiger partial charge in [0, 0.05) is 24.5 Å². The van der Waals surface area contributed by atoms with Crippen LogP contribution in [-0.2, 0) is 0 Å². The summed E-state index contributed by atoms with van der Waals surface area (Å²) in [5.41, 5.74) is 2.43. The Balaban J connectivity index is 1.72. The van der Waals surface area contributed by atoms with Gasteiger partial charge in [-0.15, -0.1) is 0 Å². The predicted octanol–water partition coefficient (Wildman–Crippen LogP) is 3.12. The Bertz CT molecular complexity index is 798. The van der Waals surface area contributed by atoms with Gasteiger partial charge in [0.2, 0.25) is 0 Å². The molecule has 2 fully saturated rings. The topological polar surface area (TPSA) is 40.9 Å². The Hall–Kier alpha value is -1.88. The summed E-state index contributed by atoms with van der Waals surface area (Å²) in [6.45, 7) is 6.31. The normalized spacial score (nSPS) is 28.0. The van der Waals surface area contributed by atoms with Crippen molar-refractivity contribution in [3.63, 3.8) is 0 Å². The van der Waals surface area contributed by atoms with Crippen LogP contribution >= 0.6 is 0 Å². The van der Waals surface area contributed by atoms with E-state index in [0.717, 1.165) is 43.7 Å². The first-order chi connectivity index (χ1) is 12.0. The average Bonchev–Trinajstić information content (AvgIpc) is 2.94. The molecule has 2 aromatic heterocycles. The van der Waals surface area contributed by atoms with Crippen molar-refractivity contribution in [2.45, 2.75) is 57.5 Å². The van der Waals surface area contributed by atoms with E-state index in [9.17, 15) is 4.79 Å². The van der Waals surface area contributed by atoms with Crippen LogP contribution < -0.4 is 0 Å². The van der Waals surface area contributed by atoms with E-state index in [4.69, 9.17) is 0 Å². The van der Waals surface area contributed by atoms with Crippen LogP contribution in [0.3, 0.4) is 0 Å². The second-order valence-electron chi connectivity index (χ2n) is 7.93. The molecule has 2 atom stereocenters. The molecular weight excluding hydrogens is 312 g/mol. The monoisotopic (exact) mass is 340 g/mol. The zero-order valence-electron chi connectivity index (χ0n) is 15.5. The third kappa shape index (κ3) is 2.65. The standard InChI is InChI=1S/C20H28N4O/c1-15-8-6-10-18-21-16(14-23(15)18)19(25)24-13-5-4-9-17-20(24,2)11-7-12-22(17)3/h6,8,10,14,17H,4-5,7,9,11-13H2,1-3H3/t17-,20-/m0/s1. The summed E-state index contributed by atoms with van der Waals surface area (Å²) in [7, 11) is 2.21. The Labute approximate surface area is 149 Å². The first-order valence-corrected chi connectivity index (χ1v) is 9.48. The molecule has 0 saturated carbocycles. The highest BCUT2D eigenvalue weighted by Gasteiger charge is 2.47. The highest BCUT2D eigenvalue weighted by Crippen LogP contribution is 2.38. The van der Waals surface area contributed by atoms with Gasteiger partial charge in [-0.25, -0.2) is 4.98 Å². The summed E-state index contributed by atoms with van der Waals surface area (Å²) < 4.78 is 2.01. The number of fused-ring (bicyclic) bond motifs is 2. The van der Waals surface area contributed by atoms with Gasteiger partial charge in [-0.05, 0) is 65.3 Å². The fraction of sp³-hybridized carbons (Fsp3) is 0.600. The number of aromatic nitrogens is 2. The van der Waals surface area contributed by atoms with Crippen molar-refractivity contribution in [2.75, 3.05) is 20.1 Å². The van der Waals surface area contributed by atoms with Crippen LogP contribution in [0.25, 0.3) is 5.65 Å². The Morgan fingerprint density at radius 2 is 2.08 bits per heavy atom. The number of carbonyl (C=O) groups is 1. The second-order valence-corrected chi connectivity index (χ2v) is 7.93. The van der Waals surface area contributed by atoms with Gasteiger partial charge in [0.25, 0.3) is 5.91 Å². The number of amides is 1. The molecule has 2 aromatic rings. The lowest BCUT2D eigenvalue weighted by molar-refractivity contribution is -0.00411. The van der Waals surface area contributed by atoms with Crippen LogP contribution in [0.5, 0.6) is 0 Å². The summed E-state index contributed by atoms with van der Waals surface area (Å²) in [6.07, 6.45) is 7.60. The molecule has 134 valence electrons. The molecule has 0 N–H and O–H groups in total. The van der Waals surface area contributed by atoms with Gasteiger partial charge in [0.15, 0.2) is 0 Å². The number of likely N-dealkylation sites (tertiary alicyclic amines) is 2. The number of hydrogen-bond donors (Lipinski definition) is 0. The first kappa shape index (κ1) is 16.6. The largest absolute Gasteiger partial charge is 0.330 e. The van der Waals surface area contributed by atoms with E-state index in [0.29, 0.717) is 11.7 Å². The molecule has 0 aliphatic carbocycles. The van der Waals surface area contributed by atoms with Gasteiger partial charge >= 0.3 is 0 Å². The minimum atomic E-state index is -0.0918. The molecule has 4 rings (SSSR count). The maximum atomic E-state index is 13.4. The third-order valence-electron chi connectivity index (χ3n) is 6.33. The number of imidazole rings is 1. The van der Waals surface area contributed by atoms with Crippen LogP contribution in [0, 0.1) is 6.92 Å². The first-order valence-electron chi connectivity index (χ1n) is 9.48. The van der Waals surface area contributed by atoms with E-state index in [1.165, 1.54) is 12.8 Å². The van der Waals surface area contributed by atoms with Crippen LogP contribution in [0.4, 0.5) is 0 Å². The van der Waals surface area contributed by atoms with Gasteiger partial charge < -0.3 is 14.2 Å². The Morgan fingerprint density at radius 1 is 1.24 bits per heavy atom. The molecule has 1 amide bonds. The number of rotatable bonds is 1. The number of pyridine rings is 1. The van der Waals surface area contributed by atoms with Gasteiger partial charge in [-0.2, -0.15) is 0 Å². The van der Waals surface area contributed by atoms with Gasteiger partial charge in [0.1, 0.15) is 11.3 Å². The highest BCUT2D eigenvalue weighted by atomic mass is 16.2. The molecule has 0 aromatic carbocycles. The fourth-order valence-corrected chi connectivity index (χ4v) is 4.92. The number of carbonyl (C=O) groups excluding carboxylic acids is 1. The molecule has 0 radical (unpaired) electrons. The quantitative estimate of drug-likeness (QED) is 0.801. The molecule has 5 heteroatoms. The second kappa shape index (κ2) is 6.13. The van der Waals surface area contributed by atoms with Crippen molar-refractivity contribution in [3.8, 4) is 0 Å². The number of aryl methyl sites for hydroxylation is 1. The van der Waals surface area contributed by atoms with E-state index >= 15 is 0 Å². The summed E-state index contributed by atoms with van der Waals surface area (Å²) >= 11 is 0. The summed E-state index contributed by atoms with van der Waals surface area (Å²) in [5, 5.41) is 0. The van der Waals surface area contributed by atoms with Crippen molar-refractivity contribution < 1.29 is 4.79 Å². The van der Waals surface area contributed by atoms with Crippen molar-refractivity contribution in [3.05, 3.63) is 35.8 Å². The maximum absolute atomic E-state index is 13.4. The predicted molar refractivity (Wildman–Crippen MR) is 98.9 cm³/mol. The van der Waals surface area contributed by atoms with E-state index in [1.807, 2.05) is 35.7 Å². The van der Waals surface area contributed by atoms with Crippen molar-refractivity contribution in [1.82, 2.24) is 19.2 Å². The SMILES string of the molecule is Cc1cccc2nc(C(=O)N3CCCC[C@@H]4N(C)CCC[C@@]43C)cn12. The number of likely N-dealkylation sites (N-methyl/N-ethyl adjacent to an activating group) is 1. The molecule has 0 bridgehead atoms. The number of nitrogens with zero attached hydrogens (tertiary/aromatic N) is 4. The van der Waals surface area contributed by atoms with E-state index in [2.05, 4.69) is 28.8 Å². The summed E-state index contributed by atoms with van der Waals surface area (Å²) in [4.78, 5) is 22.7. The fourth-order valence-electron chi connectivity index (χ4n) is 4.92. The molecule has 2 aliphatic heterocycles. The van der Waals surface area contributed by atoms with Crippen molar-refractivity contribution >= 4 is 11.6 Å². The minimum absolute atomic E-state index is 0.0906. The van der Waals surface area contributed by atoms with Crippen LogP contribution in [0.15, 0.2) is 24.4 Å². The van der Waals surface area contributed by atoms with Crippen molar-refractivity contribution in [1.29, 1.82) is 0 Å². The van der Waals surface area contributed by atoms with Crippen LogP contribution in [0.1, 0.15) is 55.2 Å². The lowest BCUT2D eigenvalue weighted by Crippen LogP contribution is -2.63. The molecule has 5 nitrogen and oxygen atoms in total. The van der Waals surface area contributed by atoms with E-state index in [1.54, 1.807) is 0 Å². The molecule has 25 heavy (non-hydrogen) atoms. The number of piperidine rings is 1. The molecular formula is C20H28N4O. The average molecular weight is 340 g/mol. The van der Waals surface area contributed by atoms with Crippen LogP contribution in [-0.4, -0.2) is 56.8 Å². The summed E-state index contributed by atoms with van der Waals surface area (Å²) in [6, 6.07) is 6.45. The van der Waals surface area contributed by atoms with E-state index < -0.39 is 0 Å². The zero-order valence-corrected chi connectivity index (χ0v) is 15.5. The van der Waals surface area contributed by atoms with Crippen molar-refractivity contribution in [2.24, 2.45) is 0 Å². The van der Waals surface area contributed by atoms with Crippen LogP contribution in [0.2, 0.25) is 0 Å². The molecule has 2 saturated heterocycles. The lowest BCUT2D eigenvalue weighted by Gasteiger charge is -2.51. The Morgan fingerprint density at radius 3 is 2.88 bits per heavy atom. The van der Waals surface area contributed by atoms with E-state index in [-0.39, 0.29) is 11.4 Å². The van der Waals surface area contributed by atoms with Gasteiger partial charge in [-0.1, -0.05) is 12.5 Å². The maximum Gasteiger partial charge on any atom is 0.274 e. The molecule has 2 aliphatic rings. The molecule has 0 unspecified atom stereocenters. The van der Waals surface area contributed by atoms with Gasteiger partial charge in [0.05, 0.1) is 5.54 Å².